The standard InChI is InChI=1S/C16H24N4/c1-10-5-13-14(17)6-16(3,4)7-15(13)20(10)9-12-8-18-19-11(12)2/h5,8,14H,6-7,9,17H2,1-4H3,(H,18,19). The molecule has 1 aliphatic carbocycles. The molecule has 1 aliphatic rings. The molecule has 1 unspecified atom stereocenters. The maximum Gasteiger partial charge on any atom is 0.0540 e. The van der Waals surface area contributed by atoms with Crippen molar-refractivity contribution in [2.24, 2.45) is 11.1 Å². The number of nitrogens with two attached hydrogens (primary N) is 1. The van der Waals surface area contributed by atoms with Crippen LogP contribution in [0.15, 0.2) is 12.3 Å². The normalized spacial score (nSPS) is 20.9. The van der Waals surface area contributed by atoms with Gasteiger partial charge < -0.3 is 10.3 Å². The van der Waals surface area contributed by atoms with Crippen molar-refractivity contribution in [2.45, 2.75) is 53.1 Å². The Labute approximate surface area is 120 Å². The number of aromatic amines is 1. The summed E-state index contributed by atoms with van der Waals surface area (Å²) >= 11 is 0. The first-order valence-corrected chi connectivity index (χ1v) is 7.31. The van der Waals surface area contributed by atoms with Crippen LogP contribution in [0.4, 0.5) is 0 Å². The predicted molar refractivity (Wildman–Crippen MR) is 80.6 cm³/mol. The lowest BCUT2D eigenvalue weighted by atomic mass is 9.74. The Morgan fingerprint density at radius 2 is 2.20 bits per heavy atom. The molecule has 2 aromatic heterocycles. The third kappa shape index (κ3) is 2.18. The average molecular weight is 272 g/mol. The third-order valence-electron chi connectivity index (χ3n) is 4.53. The molecule has 3 rings (SSSR count). The van der Waals surface area contributed by atoms with Gasteiger partial charge in [0.2, 0.25) is 0 Å². The Hall–Kier alpha value is -1.55. The number of hydrogen-bond acceptors (Lipinski definition) is 2. The maximum absolute atomic E-state index is 6.38. The summed E-state index contributed by atoms with van der Waals surface area (Å²) in [6.45, 7) is 9.75. The number of fused-ring (bicyclic) bond motifs is 1. The van der Waals surface area contributed by atoms with Gasteiger partial charge in [0.25, 0.3) is 0 Å². The van der Waals surface area contributed by atoms with E-state index in [0.29, 0.717) is 0 Å². The SMILES string of the molecule is Cc1[nH]ncc1Cn1c(C)cc2c1CC(C)(C)CC2N. The number of H-pyrrole nitrogens is 1. The van der Waals surface area contributed by atoms with Gasteiger partial charge in [-0.15, -0.1) is 0 Å². The van der Waals surface area contributed by atoms with Gasteiger partial charge in [0.15, 0.2) is 0 Å². The van der Waals surface area contributed by atoms with Crippen molar-refractivity contribution in [3.05, 3.63) is 40.5 Å². The van der Waals surface area contributed by atoms with Crippen molar-refractivity contribution < 1.29 is 0 Å². The zero-order valence-corrected chi connectivity index (χ0v) is 12.8. The Morgan fingerprint density at radius 3 is 2.85 bits per heavy atom. The Morgan fingerprint density at radius 1 is 1.45 bits per heavy atom. The van der Waals surface area contributed by atoms with E-state index in [2.05, 4.69) is 48.5 Å². The minimum atomic E-state index is 0.166. The van der Waals surface area contributed by atoms with Gasteiger partial charge in [-0.25, -0.2) is 0 Å². The molecule has 0 amide bonds. The van der Waals surface area contributed by atoms with Crippen LogP contribution in [0.25, 0.3) is 0 Å². The molecule has 2 heterocycles. The molecule has 1 atom stereocenters. The highest BCUT2D eigenvalue weighted by Gasteiger charge is 2.33. The summed E-state index contributed by atoms with van der Waals surface area (Å²) in [5, 5.41) is 7.14. The van der Waals surface area contributed by atoms with Crippen LogP contribution in [0.2, 0.25) is 0 Å². The Bertz CT molecular complexity index is 633. The van der Waals surface area contributed by atoms with E-state index in [1.165, 1.54) is 22.5 Å². The third-order valence-corrected chi connectivity index (χ3v) is 4.53. The zero-order valence-electron chi connectivity index (χ0n) is 12.8. The second kappa shape index (κ2) is 4.48. The van der Waals surface area contributed by atoms with Gasteiger partial charge in [0.1, 0.15) is 0 Å². The van der Waals surface area contributed by atoms with E-state index in [9.17, 15) is 0 Å². The largest absolute Gasteiger partial charge is 0.344 e. The molecule has 0 radical (unpaired) electrons. The van der Waals surface area contributed by atoms with E-state index in [1.807, 2.05) is 6.20 Å². The fraction of sp³-hybridized carbons (Fsp3) is 0.562. The Kier molecular flexibility index (Phi) is 3.01. The second-order valence-corrected chi connectivity index (χ2v) is 6.95. The first kappa shape index (κ1) is 13.4. The van der Waals surface area contributed by atoms with E-state index in [0.717, 1.165) is 25.1 Å². The van der Waals surface area contributed by atoms with Gasteiger partial charge in [0.05, 0.1) is 12.7 Å². The number of aryl methyl sites for hydroxylation is 2. The average Bonchev–Trinajstić information content (AvgIpc) is 2.86. The molecule has 0 saturated carbocycles. The molecule has 108 valence electrons. The number of nitrogens with zero attached hydrogens (tertiary/aromatic N) is 2. The van der Waals surface area contributed by atoms with Crippen molar-refractivity contribution in [3.63, 3.8) is 0 Å². The Balaban J connectivity index is 2.03. The lowest BCUT2D eigenvalue weighted by Crippen LogP contribution is -2.30. The van der Waals surface area contributed by atoms with Crippen molar-refractivity contribution >= 4 is 0 Å². The van der Waals surface area contributed by atoms with E-state index >= 15 is 0 Å². The molecule has 4 heteroatoms. The topological polar surface area (TPSA) is 59.6 Å². The van der Waals surface area contributed by atoms with Crippen LogP contribution in [-0.2, 0) is 13.0 Å². The lowest BCUT2D eigenvalue weighted by Gasteiger charge is -2.34. The lowest BCUT2D eigenvalue weighted by molar-refractivity contribution is 0.276. The monoisotopic (exact) mass is 272 g/mol. The number of hydrogen-bond donors (Lipinski definition) is 2. The minimum Gasteiger partial charge on any atom is -0.344 e. The molecular weight excluding hydrogens is 248 g/mol. The van der Waals surface area contributed by atoms with Crippen LogP contribution in [0.5, 0.6) is 0 Å². The van der Waals surface area contributed by atoms with Crippen LogP contribution in [0.1, 0.15) is 54.5 Å². The highest BCUT2D eigenvalue weighted by atomic mass is 15.1. The van der Waals surface area contributed by atoms with Gasteiger partial charge >= 0.3 is 0 Å². The van der Waals surface area contributed by atoms with Crippen molar-refractivity contribution in [3.8, 4) is 0 Å². The van der Waals surface area contributed by atoms with Gasteiger partial charge in [-0.05, 0) is 43.7 Å². The first-order valence-electron chi connectivity index (χ1n) is 7.31. The summed E-state index contributed by atoms with van der Waals surface area (Å²) in [5.74, 6) is 0. The summed E-state index contributed by atoms with van der Waals surface area (Å²) in [5.41, 5.74) is 13.1. The van der Waals surface area contributed by atoms with Gasteiger partial charge in [-0.3, -0.25) is 5.10 Å². The van der Waals surface area contributed by atoms with Crippen molar-refractivity contribution in [2.75, 3.05) is 0 Å². The zero-order chi connectivity index (χ0) is 14.5. The molecule has 0 aliphatic heterocycles. The maximum atomic E-state index is 6.38. The fourth-order valence-corrected chi connectivity index (χ4v) is 3.43. The molecule has 4 nitrogen and oxygen atoms in total. The van der Waals surface area contributed by atoms with E-state index in [4.69, 9.17) is 5.73 Å². The summed E-state index contributed by atoms with van der Waals surface area (Å²) in [6.07, 6.45) is 4.09. The van der Waals surface area contributed by atoms with Crippen molar-refractivity contribution in [1.82, 2.24) is 14.8 Å². The van der Waals surface area contributed by atoms with Gasteiger partial charge in [-0.1, -0.05) is 13.8 Å². The van der Waals surface area contributed by atoms with E-state index in [-0.39, 0.29) is 11.5 Å². The second-order valence-electron chi connectivity index (χ2n) is 6.95. The summed E-state index contributed by atoms with van der Waals surface area (Å²) in [7, 11) is 0. The molecule has 0 spiro atoms. The molecule has 0 aromatic carbocycles. The van der Waals surface area contributed by atoms with Crippen LogP contribution in [0, 0.1) is 19.3 Å². The first-order chi connectivity index (χ1) is 9.37. The molecule has 2 aromatic rings. The highest BCUT2D eigenvalue weighted by Crippen LogP contribution is 2.41. The van der Waals surface area contributed by atoms with Crippen LogP contribution in [-0.4, -0.2) is 14.8 Å². The van der Waals surface area contributed by atoms with Crippen molar-refractivity contribution in [1.29, 1.82) is 0 Å². The van der Waals surface area contributed by atoms with E-state index < -0.39 is 0 Å². The highest BCUT2D eigenvalue weighted by molar-refractivity contribution is 5.35. The molecule has 0 saturated heterocycles. The van der Waals surface area contributed by atoms with Crippen LogP contribution < -0.4 is 5.73 Å². The fourth-order valence-electron chi connectivity index (χ4n) is 3.43. The summed E-state index contributed by atoms with van der Waals surface area (Å²) < 4.78 is 2.41. The molecule has 3 N–H and O–H groups in total. The molecule has 0 bridgehead atoms. The van der Waals surface area contributed by atoms with Gasteiger partial charge in [0, 0.05) is 28.7 Å². The van der Waals surface area contributed by atoms with Crippen LogP contribution >= 0.6 is 0 Å². The number of rotatable bonds is 2. The minimum absolute atomic E-state index is 0.166. The predicted octanol–water partition coefficient (Wildman–Crippen LogP) is 2.85. The summed E-state index contributed by atoms with van der Waals surface area (Å²) in [6, 6.07) is 2.43. The smallest absolute Gasteiger partial charge is 0.0540 e. The number of aromatic nitrogens is 3. The quantitative estimate of drug-likeness (QED) is 0.883. The molecule has 20 heavy (non-hydrogen) atoms. The van der Waals surface area contributed by atoms with E-state index in [1.54, 1.807) is 0 Å². The molecular formula is C16H24N4. The number of nitrogens with one attached hydrogen (secondary N) is 1. The molecule has 0 fully saturated rings. The summed E-state index contributed by atoms with van der Waals surface area (Å²) in [4.78, 5) is 0. The van der Waals surface area contributed by atoms with Gasteiger partial charge in [-0.2, -0.15) is 5.10 Å². The van der Waals surface area contributed by atoms with Crippen LogP contribution in [0.3, 0.4) is 0 Å².